The molecule has 1 saturated heterocycles. The van der Waals surface area contributed by atoms with Crippen molar-refractivity contribution in [2.75, 3.05) is 11.5 Å². The summed E-state index contributed by atoms with van der Waals surface area (Å²) in [7, 11) is 0. The van der Waals surface area contributed by atoms with Crippen LogP contribution < -0.4 is 9.64 Å². The second-order valence-corrected chi connectivity index (χ2v) is 9.49. The van der Waals surface area contributed by atoms with Gasteiger partial charge in [-0.05, 0) is 55.8 Å². The van der Waals surface area contributed by atoms with Gasteiger partial charge in [0.05, 0.1) is 37.1 Å². The Morgan fingerprint density at radius 3 is 2.59 bits per heavy atom. The van der Waals surface area contributed by atoms with Crippen molar-refractivity contribution in [1.29, 1.82) is 0 Å². The Labute approximate surface area is 229 Å². The van der Waals surface area contributed by atoms with Crippen LogP contribution in [0.15, 0.2) is 75.9 Å². The molecule has 0 radical (unpaired) electrons. The molecule has 1 unspecified atom stereocenters. The van der Waals surface area contributed by atoms with Gasteiger partial charge in [0.2, 0.25) is 5.91 Å². The SMILES string of the molecule is CCCOc1ccc(N2C(=O)CC(N(Cc3ccco3)C(=O)c3noc(C)c3-c3ccccc3Cl)C2=O)cc1. The molecule has 3 amide bonds. The van der Waals surface area contributed by atoms with E-state index >= 15 is 0 Å². The van der Waals surface area contributed by atoms with E-state index in [9.17, 15) is 14.4 Å². The predicted octanol–water partition coefficient (Wildman–Crippen LogP) is 5.66. The van der Waals surface area contributed by atoms with Crippen molar-refractivity contribution in [3.05, 3.63) is 89.2 Å². The van der Waals surface area contributed by atoms with E-state index in [0.717, 1.165) is 11.3 Å². The molecule has 0 N–H and O–H groups in total. The summed E-state index contributed by atoms with van der Waals surface area (Å²) in [6.07, 6.45) is 2.14. The molecule has 1 fully saturated rings. The summed E-state index contributed by atoms with van der Waals surface area (Å²) in [6, 6.07) is 16.0. The molecule has 1 aliphatic heterocycles. The molecule has 0 spiro atoms. The second kappa shape index (κ2) is 11.2. The topological polar surface area (TPSA) is 106 Å². The monoisotopic (exact) mass is 547 g/mol. The first-order valence-corrected chi connectivity index (χ1v) is 12.9. The fourth-order valence-corrected chi connectivity index (χ4v) is 4.80. The first kappa shape index (κ1) is 26.2. The number of ether oxygens (including phenoxy) is 1. The summed E-state index contributed by atoms with van der Waals surface area (Å²) in [5.74, 6) is -0.0631. The van der Waals surface area contributed by atoms with E-state index in [4.69, 9.17) is 25.3 Å². The fraction of sp³-hybridized carbons (Fsp3) is 0.241. The zero-order chi connectivity index (χ0) is 27.5. The first-order valence-electron chi connectivity index (χ1n) is 12.5. The number of imide groups is 1. The number of carbonyl (C=O) groups is 3. The van der Waals surface area contributed by atoms with E-state index in [0.29, 0.717) is 45.7 Å². The van der Waals surface area contributed by atoms with Crippen LogP contribution in [0.3, 0.4) is 0 Å². The van der Waals surface area contributed by atoms with Gasteiger partial charge in [0.15, 0.2) is 5.69 Å². The van der Waals surface area contributed by atoms with Crippen LogP contribution in [0.25, 0.3) is 11.1 Å². The van der Waals surface area contributed by atoms with Crippen LogP contribution in [0.1, 0.15) is 41.8 Å². The molecular weight excluding hydrogens is 522 g/mol. The number of hydrogen-bond donors (Lipinski definition) is 0. The number of hydrogen-bond acceptors (Lipinski definition) is 7. The molecule has 10 heteroatoms. The molecule has 9 nitrogen and oxygen atoms in total. The van der Waals surface area contributed by atoms with E-state index < -0.39 is 23.8 Å². The summed E-state index contributed by atoms with van der Waals surface area (Å²) in [5.41, 5.74) is 1.38. The molecule has 0 bridgehead atoms. The highest BCUT2D eigenvalue weighted by Gasteiger charge is 2.45. The van der Waals surface area contributed by atoms with Gasteiger partial charge in [0.1, 0.15) is 23.3 Å². The number of aryl methyl sites for hydroxylation is 1. The smallest absolute Gasteiger partial charge is 0.277 e. The van der Waals surface area contributed by atoms with Crippen molar-refractivity contribution >= 4 is 35.0 Å². The third-order valence-corrected chi connectivity index (χ3v) is 6.77. The van der Waals surface area contributed by atoms with Crippen molar-refractivity contribution < 1.29 is 28.1 Å². The largest absolute Gasteiger partial charge is 0.494 e. The van der Waals surface area contributed by atoms with Crippen LogP contribution >= 0.6 is 11.6 Å². The van der Waals surface area contributed by atoms with Crippen molar-refractivity contribution in [3.63, 3.8) is 0 Å². The zero-order valence-corrected chi connectivity index (χ0v) is 22.2. The number of carbonyl (C=O) groups excluding carboxylic acids is 3. The number of nitrogens with zero attached hydrogens (tertiary/aromatic N) is 3. The molecule has 4 aromatic rings. The molecule has 2 aromatic carbocycles. The molecule has 39 heavy (non-hydrogen) atoms. The van der Waals surface area contributed by atoms with Gasteiger partial charge in [-0.25, -0.2) is 4.90 Å². The van der Waals surface area contributed by atoms with Crippen LogP contribution in [0.4, 0.5) is 5.69 Å². The van der Waals surface area contributed by atoms with Crippen molar-refractivity contribution in [1.82, 2.24) is 10.1 Å². The lowest BCUT2D eigenvalue weighted by Gasteiger charge is -2.26. The van der Waals surface area contributed by atoms with Gasteiger partial charge < -0.3 is 18.6 Å². The van der Waals surface area contributed by atoms with E-state index in [1.54, 1.807) is 67.6 Å². The number of aromatic nitrogens is 1. The minimum absolute atomic E-state index is 0.0109. The number of halogens is 1. The Morgan fingerprint density at radius 1 is 1.13 bits per heavy atom. The van der Waals surface area contributed by atoms with E-state index in [2.05, 4.69) is 5.16 Å². The molecule has 0 saturated carbocycles. The van der Waals surface area contributed by atoms with Crippen molar-refractivity contribution in [2.45, 2.75) is 39.3 Å². The molecule has 0 aliphatic carbocycles. The quantitative estimate of drug-likeness (QED) is 0.249. The fourth-order valence-electron chi connectivity index (χ4n) is 4.57. The standard InChI is InChI=1S/C29H26ClN3O6/c1-3-14-37-20-12-10-19(11-13-20)33-25(34)16-24(28(33)35)32(17-21-7-6-15-38-21)29(36)27-26(18(2)39-31-27)22-8-4-5-9-23(22)30/h4-13,15,24H,3,14,16-17H2,1-2H3. The number of furan rings is 1. The Kier molecular flexibility index (Phi) is 7.51. The minimum Gasteiger partial charge on any atom is -0.494 e. The molecular formula is C29H26ClN3O6. The molecule has 3 heterocycles. The van der Waals surface area contributed by atoms with Gasteiger partial charge in [0, 0.05) is 10.6 Å². The van der Waals surface area contributed by atoms with Gasteiger partial charge >= 0.3 is 0 Å². The Hall–Kier alpha value is -4.37. The average molecular weight is 548 g/mol. The normalized spacial score (nSPS) is 15.2. The maximum absolute atomic E-state index is 14.0. The van der Waals surface area contributed by atoms with Crippen LogP contribution in [0.5, 0.6) is 5.75 Å². The average Bonchev–Trinajstić information content (AvgIpc) is 3.66. The maximum Gasteiger partial charge on any atom is 0.277 e. The summed E-state index contributed by atoms with van der Waals surface area (Å²) in [6.45, 7) is 4.19. The molecule has 1 aliphatic rings. The second-order valence-electron chi connectivity index (χ2n) is 9.08. The molecule has 2 aromatic heterocycles. The number of benzene rings is 2. The van der Waals surface area contributed by atoms with Crippen molar-refractivity contribution in [2.24, 2.45) is 0 Å². The number of rotatable bonds is 9. The van der Waals surface area contributed by atoms with Gasteiger partial charge in [-0.15, -0.1) is 0 Å². The van der Waals surface area contributed by atoms with Crippen LogP contribution in [-0.4, -0.2) is 40.4 Å². The van der Waals surface area contributed by atoms with E-state index in [1.165, 1.54) is 11.2 Å². The third kappa shape index (κ3) is 5.18. The lowest BCUT2D eigenvalue weighted by molar-refractivity contribution is -0.122. The van der Waals surface area contributed by atoms with Gasteiger partial charge in [0.25, 0.3) is 11.8 Å². The van der Waals surface area contributed by atoms with Gasteiger partial charge in [-0.2, -0.15) is 0 Å². The molecule has 200 valence electrons. The van der Waals surface area contributed by atoms with Gasteiger partial charge in [-0.1, -0.05) is 41.9 Å². The molecule has 1 atom stereocenters. The van der Waals surface area contributed by atoms with E-state index in [-0.39, 0.29) is 18.7 Å². The summed E-state index contributed by atoms with van der Waals surface area (Å²) < 4.78 is 16.5. The maximum atomic E-state index is 14.0. The van der Waals surface area contributed by atoms with Crippen LogP contribution in [-0.2, 0) is 16.1 Å². The Balaban J connectivity index is 1.49. The summed E-state index contributed by atoms with van der Waals surface area (Å²) >= 11 is 6.43. The number of anilines is 1. The predicted molar refractivity (Wildman–Crippen MR) is 143 cm³/mol. The molecule has 5 rings (SSSR count). The highest BCUT2D eigenvalue weighted by molar-refractivity contribution is 6.33. The Morgan fingerprint density at radius 2 is 1.90 bits per heavy atom. The van der Waals surface area contributed by atoms with Crippen LogP contribution in [0, 0.1) is 6.92 Å². The first-order chi connectivity index (χ1) is 18.9. The minimum atomic E-state index is -1.08. The highest BCUT2D eigenvalue weighted by atomic mass is 35.5. The zero-order valence-electron chi connectivity index (χ0n) is 21.4. The lowest BCUT2D eigenvalue weighted by atomic mass is 10.0. The Bertz CT molecular complexity index is 1500. The van der Waals surface area contributed by atoms with E-state index in [1.807, 2.05) is 6.92 Å². The van der Waals surface area contributed by atoms with Crippen molar-refractivity contribution in [3.8, 4) is 16.9 Å². The lowest BCUT2D eigenvalue weighted by Crippen LogP contribution is -2.45. The number of amides is 3. The van der Waals surface area contributed by atoms with Crippen LogP contribution in [0.2, 0.25) is 5.02 Å². The van der Waals surface area contributed by atoms with Gasteiger partial charge in [-0.3, -0.25) is 14.4 Å². The summed E-state index contributed by atoms with van der Waals surface area (Å²) in [5, 5.41) is 4.45. The highest BCUT2D eigenvalue weighted by Crippen LogP contribution is 2.35. The summed E-state index contributed by atoms with van der Waals surface area (Å²) in [4.78, 5) is 43.2. The third-order valence-electron chi connectivity index (χ3n) is 6.44.